The Bertz CT molecular complexity index is 1280. The van der Waals surface area contributed by atoms with E-state index in [0.717, 1.165) is 37.4 Å². The predicted molar refractivity (Wildman–Crippen MR) is 156 cm³/mol. The van der Waals surface area contributed by atoms with Gasteiger partial charge in [0.15, 0.2) is 0 Å². The third-order valence-corrected chi connectivity index (χ3v) is 7.61. The molecule has 4 aromatic rings. The van der Waals surface area contributed by atoms with Crippen molar-refractivity contribution in [2.45, 2.75) is 52.7 Å². The summed E-state index contributed by atoms with van der Waals surface area (Å²) >= 11 is 3.48. The van der Waals surface area contributed by atoms with Crippen LogP contribution in [0, 0.1) is 11.8 Å². The minimum absolute atomic E-state index is 0.166. The topological polar surface area (TPSA) is 12.5 Å². The van der Waals surface area contributed by atoms with Crippen molar-refractivity contribution in [2.24, 2.45) is 0 Å². The van der Waals surface area contributed by atoms with Gasteiger partial charge in [-0.25, -0.2) is 0 Å². The first kappa shape index (κ1) is 26.2. The zero-order valence-corrected chi connectivity index (χ0v) is 23.3. The first-order valence-corrected chi connectivity index (χ1v) is 14.4. The van der Waals surface area contributed by atoms with Gasteiger partial charge in [0.05, 0.1) is 6.54 Å². The van der Waals surface area contributed by atoms with Gasteiger partial charge < -0.3 is 4.74 Å². The molecule has 0 aliphatic carbocycles. The minimum Gasteiger partial charge on any atom is -0.488 e. The Balaban J connectivity index is 1.33. The van der Waals surface area contributed by atoms with Crippen LogP contribution in [0.1, 0.15) is 55.7 Å². The second kappa shape index (κ2) is 12.4. The summed E-state index contributed by atoms with van der Waals surface area (Å²) in [6.07, 6.45) is 1.10. The Morgan fingerprint density at radius 3 is 2.50 bits per heavy atom. The monoisotopic (exact) mass is 513 g/mol. The molecule has 0 atom stereocenters. The second-order valence-electron chi connectivity index (χ2n) is 10.1. The molecule has 0 saturated carbocycles. The summed E-state index contributed by atoms with van der Waals surface area (Å²) in [6.45, 7) is 12.2. The van der Waals surface area contributed by atoms with Crippen LogP contribution >= 0.6 is 22.7 Å². The molecule has 0 radical (unpaired) electrons. The van der Waals surface area contributed by atoms with E-state index >= 15 is 0 Å². The Morgan fingerprint density at radius 2 is 1.78 bits per heavy atom. The maximum absolute atomic E-state index is 6.14. The molecular weight excluding hydrogens is 478 g/mol. The van der Waals surface area contributed by atoms with Crippen molar-refractivity contribution in [1.82, 2.24) is 4.90 Å². The molecule has 186 valence electrons. The Morgan fingerprint density at radius 1 is 0.944 bits per heavy atom. The van der Waals surface area contributed by atoms with Gasteiger partial charge >= 0.3 is 0 Å². The fourth-order valence-electron chi connectivity index (χ4n) is 4.02. The van der Waals surface area contributed by atoms with Crippen molar-refractivity contribution in [2.75, 3.05) is 13.1 Å². The second-order valence-corrected chi connectivity index (χ2v) is 11.9. The van der Waals surface area contributed by atoms with E-state index < -0.39 is 0 Å². The highest BCUT2D eigenvalue weighted by molar-refractivity contribution is 7.10. The van der Waals surface area contributed by atoms with E-state index in [1.54, 1.807) is 22.7 Å². The van der Waals surface area contributed by atoms with Gasteiger partial charge in [-0.3, -0.25) is 4.90 Å². The van der Waals surface area contributed by atoms with E-state index in [0.29, 0.717) is 6.61 Å². The Kier molecular flexibility index (Phi) is 9.04. The molecule has 2 aromatic heterocycles. The molecule has 2 aromatic carbocycles. The summed E-state index contributed by atoms with van der Waals surface area (Å²) in [7, 11) is 0. The van der Waals surface area contributed by atoms with Crippen molar-refractivity contribution < 1.29 is 4.74 Å². The lowest BCUT2D eigenvalue weighted by molar-refractivity contribution is 0.294. The number of hydrogen-bond acceptors (Lipinski definition) is 4. The van der Waals surface area contributed by atoms with Crippen molar-refractivity contribution in [3.63, 3.8) is 0 Å². The molecular formula is C32H35NOS2. The van der Waals surface area contributed by atoms with Gasteiger partial charge in [0.1, 0.15) is 12.4 Å². The largest absolute Gasteiger partial charge is 0.488 e. The molecule has 4 rings (SSSR count). The molecule has 2 nitrogen and oxygen atoms in total. The van der Waals surface area contributed by atoms with Crippen molar-refractivity contribution in [3.05, 3.63) is 98.4 Å². The molecule has 36 heavy (non-hydrogen) atoms. The van der Waals surface area contributed by atoms with E-state index in [-0.39, 0.29) is 5.41 Å². The fraction of sp³-hybridized carbons (Fsp3) is 0.312. The number of ether oxygens (including phenoxy) is 1. The van der Waals surface area contributed by atoms with Gasteiger partial charge in [-0.1, -0.05) is 63.8 Å². The minimum atomic E-state index is 0.166. The van der Waals surface area contributed by atoms with Gasteiger partial charge in [-0.15, -0.1) is 11.3 Å². The summed E-state index contributed by atoms with van der Waals surface area (Å²) in [4.78, 5) is 3.64. The Hall–Kier alpha value is -2.84. The third kappa shape index (κ3) is 7.58. The SMILES string of the molecule is CCCN(CC#Cc1ccc(C(C)(C)C)cc1)Cc1cccc(OCc2cc(-c3ccsc3)cs2)c1. The van der Waals surface area contributed by atoms with E-state index in [1.807, 2.05) is 6.07 Å². The smallest absolute Gasteiger partial charge is 0.122 e. The van der Waals surface area contributed by atoms with Crippen LogP contribution in [-0.4, -0.2) is 18.0 Å². The molecule has 0 amide bonds. The van der Waals surface area contributed by atoms with Gasteiger partial charge in [0.25, 0.3) is 0 Å². The average molecular weight is 514 g/mol. The maximum Gasteiger partial charge on any atom is 0.122 e. The first-order chi connectivity index (χ1) is 17.4. The van der Waals surface area contributed by atoms with Crippen LogP contribution in [0.4, 0.5) is 0 Å². The predicted octanol–water partition coefficient (Wildman–Crippen LogP) is 8.62. The van der Waals surface area contributed by atoms with Crippen LogP contribution < -0.4 is 4.74 Å². The standard InChI is InChI=1S/C32H35NOS2/c1-5-16-33(17-7-9-25-11-13-29(14-12-25)32(2,3)4)21-26-8-6-10-30(19-26)34-22-31-20-28(24-36-31)27-15-18-35-23-27/h6,8,10-15,18-20,23-24H,5,16-17,21-22H2,1-4H3. The third-order valence-electron chi connectivity index (χ3n) is 6.02. The molecule has 0 fully saturated rings. The van der Waals surface area contributed by atoms with Crippen molar-refractivity contribution in [1.29, 1.82) is 0 Å². The number of thiophene rings is 2. The number of nitrogens with zero attached hydrogens (tertiary/aromatic N) is 1. The van der Waals surface area contributed by atoms with Gasteiger partial charge in [-0.05, 0) is 93.2 Å². The van der Waals surface area contributed by atoms with Crippen LogP contribution in [0.25, 0.3) is 11.1 Å². The summed E-state index contributed by atoms with van der Waals surface area (Å²) in [5.41, 5.74) is 6.39. The number of rotatable bonds is 9. The van der Waals surface area contributed by atoms with Crippen molar-refractivity contribution >= 4 is 22.7 Å². The van der Waals surface area contributed by atoms with E-state index in [2.05, 4.69) is 115 Å². The number of hydrogen-bond donors (Lipinski definition) is 0. The normalized spacial score (nSPS) is 11.4. The Labute approximate surface area is 224 Å². The highest BCUT2D eigenvalue weighted by atomic mass is 32.1. The highest BCUT2D eigenvalue weighted by Crippen LogP contribution is 2.28. The lowest BCUT2D eigenvalue weighted by atomic mass is 9.87. The summed E-state index contributed by atoms with van der Waals surface area (Å²) in [5.74, 6) is 7.65. The van der Waals surface area contributed by atoms with Gasteiger partial charge in [-0.2, -0.15) is 11.3 Å². The molecule has 0 bridgehead atoms. The maximum atomic E-state index is 6.14. The highest BCUT2D eigenvalue weighted by Gasteiger charge is 2.12. The summed E-state index contributed by atoms with van der Waals surface area (Å²) in [5, 5.41) is 6.51. The van der Waals surface area contributed by atoms with Gasteiger partial charge in [0.2, 0.25) is 0 Å². The molecule has 2 heterocycles. The van der Waals surface area contributed by atoms with E-state index in [1.165, 1.54) is 27.1 Å². The van der Waals surface area contributed by atoms with E-state index in [9.17, 15) is 0 Å². The summed E-state index contributed by atoms with van der Waals surface area (Å²) in [6, 6.07) is 21.5. The van der Waals surface area contributed by atoms with Crippen LogP contribution in [0.15, 0.2) is 76.8 Å². The lowest BCUT2D eigenvalue weighted by Gasteiger charge is -2.19. The zero-order valence-electron chi connectivity index (χ0n) is 21.7. The van der Waals surface area contributed by atoms with Crippen LogP contribution in [0.2, 0.25) is 0 Å². The zero-order chi connectivity index (χ0) is 25.4. The molecule has 0 unspecified atom stereocenters. The lowest BCUT2D eigenvalue weighted by Crippen LogP contribution is -2.24. The summed E-state index contributed by atoms with van der Waals surface area (Å²) < 4.78 is 6.14. The van der Waals surface area contributed by atoms with Crippen LogP contribution in [-0.2, 0) is 18.6 Å². The molecule has 0 spiro atoms. The van der Waals surface area contributed by atoms with E-state index in [4.69, 9.17) is 4.74 Å². The molecule has 4 heteroatoms. The molecule has 0 saturated heterocycles. The van der Waals surface area contributed by atoms with Gasteiger partial charge in [0, 0.05) is 17.0 Å². The quantitative estimate of drug-likeness (QED) is 0.208. The van der Waals surface area contributed by atoms with Crippen LogP contribution in [0.5, 0.6) is 5.75 Å². The first-order valence-electron chi connectivity index (χ1n) is 12.5. The molecule has 0 aliphatic rings. The fourth-order valence-corrected chi connectivity index (χ4v) is 5.49. The molecule has 0 aliphatic heterocycles. The average Bonchev–Trinajstić information content (AvgIpc) is 3.55. The number of benzene rings is 2. The van der Waals surface area contributed by atoms with Crippen LogP contribution in [0.3, 0.4) is 0 Å². The molecule has 0 N–H and O–H groups in total. The van der Waals surface area contributed by atoms with Crippen molar-refractivity contribution in [3.8, 4) is 28.7 Å².